The Morgan fingerprint density at radius 3 is 0.312 bits per heavy atom. The van der Waals surface area contributed by atoms with Crippen LogP contribution in [0.15, 0.2) is 72.8 Å². The van der Waals surface area contributed by atoms with Gasteiger partial charge in [0.1, 0.15) is 0 Å². The van der Waals surface area contributed by atoms with E-state index in [2.05, 4.69) is 83.4 Å². The van der Waals surface area contributed by atoms with Gasteiger partial charge in [-0.15, -0.1) is 1230 Å². The Labute approximate surface area is 1360 Å². The Balaban J connectivity index is -0.000000000864. The third-order valence-corrected chi connectivity index (χ3v) is 5.46. The highest BCUT2D eigenvalue weighted by molar-refractivity contribution is 5.98. The van der Waals surface area contributed by atoms with Crippen molar-refractivity contribution in [1.29, 1.82) is 0 Å². The molecule has 2 aliphatic rings. The topological polar surface area (TPSA) is 24.1 Å². The largest absolute Gasteiger partial charge is 0.384 e. The van der Waals surface area contributed by atoms with Crippen LogP contribution in [0.25, 0.3) is 21.5 Å². The molecule has 0 aromatic heterocycles. The van der Waals surface area contributed by atoms with Crippen LogP contribution in [0.3, 0.4) is 0 Å². The Bertz CT molecular complexity index is 1100. The van der Waals surface area contributed by atoms with E-state index in [1.165, 1.54) is 44.0 Å². The number of nitrogens with one attached hydrogen (secondary N) is 2. The van der Waals surface area contributed by atoms with Crippen LogP contribution in [0.1, 0.15) is 11.1 Å². The molecule has 2 nitrogen and oxygen atoms in total. The molecule has 101 heteroatoms. The number of benzene rings is 4. The second-order valence-electron chi connectivity index (χ2n) is 6.98. The zero-order chi connectivity index (χ0) is 17.3. The van der Waals surface area contributed by atoms with Crippen LogP contribution in [0.4, 0.5) is 11.4 Å². The molecule has 2 N–H and O–H groups in total. The average Bonchev–Trinajstić information content (AvgIpc) is 3.38. The SMILES string of the molecule is Cl.Cl.Cl.Cl.Cl.Cl.Cl.Cl.Cl.Cl.Cl.Cl.Cl.Cl.Cl.Cl.Cl.Cl.Cl.Cl.Cl.Cl.Cl.Cl.Cl.Cl.Cl.Cl.Cl.Cl.Cl.Cl.Cl.Cl.Cl.Cl.Cl.Cl.Cl.Cl.Cl.Cl.Cl.Cl.Cl.Cl.Cl.Cl.Cl.Cl.Cl.Cl.Cl.Cl.Cl.Cl.Cl.Cl.Cl.Cl.Cl.Cl.Cl.Cl.Cl.Cl.Cl.Cl.Cl.Cl.Cl.Cl.Cl.Cl.Cl.Cl.Cl.Cl.Cl.Cl.Cl.Cl.Cl.Cl.Cl.Cl.Cl.Cl.Cl.Cl.Cl.Cl.Cl.Cl.Cl.Cl.Cl.Cl.Cl.c1ccc2c3c(ccc2c1)NCC3.c1ccc2c3c(ccc2c1)NCC3. The maximum absolute atomic E-state index is 3.39. The van der Waals surface area contributed by atoms with Crippen LogP contribution < -0.4 is 10.6 Å². The molecule has 0 saturated carbocycles. The van der Waals surface area contributed by atoms with Crippen LogP contribution in [0.2, 0.25) is 0 Å². The van der Waals surface area contributed by atoms with Crippen LogP contribution in [0.5, 0.6) is 0 Å². The van der Waals surface area contributed by atoms with Crippen molar-refractivity contribution in [3.05, 3.63) is 83.9 Å². The Morgan fingerprint density at radius 1 is 0.112 bits per heavy atom. The van der Waals surface area contributed by atoms with Gasteiger partial charge in [-0.3, -0.25) is 0 Å². The van der Waals surface area contributed by atoms with Crippen molar-refractivity contribution in [1.82, 2.24) is 0 Å². The molecule has 0 fully saturated rings. The van der Waals surface area contributed by atoms with Crippen molar-refractivity contribution in [2.45, 2.75) is 12.8 Å². The van der Waals surface area contributed by atoms with E-state index in [1.807, 2.05) is 0 Å². The minimum Gasteiger partial charge on any atom is -0.384 e. The fourth-order valence-corrected chi connectivity index (χ4v) is 4.19. The van der Waals surface area contributed by atoms with Gasteiger partial charge in [0.05, 0.1) is 0 Å². The van der Waals surface area contributed by atoms with Gasteiger partial charge < -0.3 is 10.6 Å². The van der Waals surface area contributed by atoms with Crippen molar-refractivity contribution in [3.8, 4) is 0 Å². The lowest BCUT2D eigenvalue weighted by Crippen LogP contribution is -1.90. The second-order valence-corrected chi connectivity index (χ2v) is 6.98. The highest BCUT2D eigenvalue weighted by Crippen LogP contribution is 2.31. The first-order chi connectivity index (χ1) is 12.9. The predicted molar refractivity (Wildman–Crippen MR) is 830 cm³/mol. The first-order valence-corrected chi connectivity index (χ1v) is 9.39. The van der Waals surface area contributed by atoms with Gasteiger partial charge in [-0.25, -0.2) is 0 Å². The Hall–Kier alpha value is 25.7. The van der Waals surface area contributed by atoms with Gasteiger partial charge >= 0.3 is 0 Å². The summed E-state index contributed by atoms with van der Waals surface area (Å²) in [6.45, 7) is 2.17. The van der Waals surface area contributed by atoms with Gasteiger partial charge in [-0.2, -0.15) is 0 Å². The molecule has 4 aromatic rings. The first kappa shape index (κ1) is 1090. The summed E-state index contributed by atoms with van der Waals surface area (Å²) in [4.78, 5) is 0. The van der Waals surface area contributed by atoms with Gasteiger partial charge in [0, 0.05) is 24.5 Å². The molecule has 2 heterocycles. The second kappa shape index (κ2) is 722. The normalized spacial score (nSPS) is 2.94. The molecule has 4 aromatic carbocycles. The summed E-state index contributed by atoms with van der Waals surface area (Å²) in [6, 6.07) is 25.9. The van der Waals surface area contributed by atoms with Gasteiger partial charge in [-0.05, 0) is 57.6 Å². The highest BCUT2D eigenvalue weighted by atomic mass is 35.6. The quantitative estimate of drug-likeness (QED) is 0.183. The fourth-order valence-electron chi connectivity index (χ4n) is 4.19. The Morgan fingerprint density at radius 2 is 0.208 bits per heavy atom. The van der Waals surface area contributed by atoms with Gasteiger partial charge in [0.25, 0.3) is 0 Å². The van der Waals surface area contributed by atoms with E-state index in [1.54, 1.807) is 0 Å². The van der Waals surface area contributed by atoms with Gasteiger partial charge in [-0.1, -0.05) is 60.7 Å². The number of rotatable bonds is 0. The van der Waals surface area contributed by atoms with Crippen LogP contribution in [0, 0.1) is 0 Å². The van der Waals surface area contributed by atoms with Crippen LogP contribution >= 0.6 is 1230 Å². The predicted octanol–water partition coefficient (Wildman–Crippen LogP) is 47.4. The summed E-state index contributed by atoms with van der Waals surface area (Å²) in [5.74, 6) is 0. The minimum atomic E-state index is 0. The minimum absolute atomic E-state index is 0. The van der Waals surface area contributed by atoms with E-state index in [-0.39, 0.29) is 1230 Å². The number of halogens is 99. The highest BCUT2D eigenvalue weighted by Gasteiger charge is 2.12. The lowest BCUT2D eigenvalue weighted by molar-refractivity contribution is 1.11. The molecular formula is C24H121Cl99N2. The standard InChI is InChI=1S/2C12H11N.99ClH/c2*1-2-4-10-9(3-1)5-6-12-11(10)7-8-13-12;;;;;;;;;;;;;;;;;;;;;;;;;;;;;;;;;;;;;;;;;;;;;;;;;;;;;;;;;;;;;;;;;;;;;;;;;;;;;;;;;;;;;;;;;;;;;;;;;;;/h2*1-6,13H,7-8H2;99*1H. The molecule has 0 saturated heterocycles. The molecule has 0 atom stereocenters. The lowest BCUT2D eigenvalue weighted by Gasteiger charge is -2.03. The van der Waals surface area contributed by atoms with E-state index in [9.17, 15) is 0 Å². The number of hydrogen-bond donors (Lipinski definition) is 2. The molecule has 0 amide bonds. The Kier molecular flexibility index (Phi) is 6290. The van der Waals surface area contributed by atoms with E-state index < -0.39 is 0 Å². The van der Waals surface area contributed by atoms with Crippen LogP contribution in [-0.4, -0.2) is 13.1 Å². The summed E-state index contributed by atoms with van der Waals surface area (Å²) in [6.07, 6.45) is 2.33. The molecular weight excluding hydrogens is 3830 g/mol. The van der Waals surface area contributed by atoms with Crippen LogP contribution in [-0.2, 0) is 12.8 Å². The maximum atomic E-state index is 3.39. The molecule has 0 aliphatic carbocycles. The molecule has 6 rings (SSSR count). The molecule has 0 unspecified atom stereocenters. The molecule has 0 spiro atoms. The van der Waals surface area contributed by atoms with E-state index >= 15 is 0 Å². The molecule has 0 radical (unpaired) electrons. The summed E-state index contributed by atoms with van der Waals surface area (Å²) < 4.78 is 0. The van der Waals surface area contributed by atoms with Crippen molar-refractivity contribution in [2.75, 3.05) is 23.7 Å². The summed E-state index contributed by atoms with van der Waals surface area (Å²) in [5, 5.41) is 12.3. The molecule has 2 aliphatic heterocycles. The first-order valence-electron chi connectivity index (χ1n) is 9.39. The monoisotopic (exact) mass is 3900 g/mol. The smallest absolute Gasteiger partial charge is 0.0379 e. The summed E-state index contributed by atoms with van der Waals surface area (Å²) in [5.41, 5.74) is 5.61. The van der Waals surface area contributed by atoms with E-state index in [0.717, 1.165) is 25.9 Å². The molecule has 125 heavy (non-hydrogen) atoms. The van der Waals surface area contributed by atoms with Gasteiger partial charge in [0.2, 0.25) is 0 Å². The number of fused-ring (bicyclic) bond motifs is 6. The zero-order valence-corrected chi connectivity index (χ0v) is 136. The maximum Gasteiger partial charge on any atom is 0.0379 e. The molecule has 920 valence electrons. The third kappa shape index (κ3) is 445. The lowest BCUT2D eigenvalue weighted by atomic mass is 10.0. The van der Waals surface area contributed by atoms with E-state index in [0.29, 0.717) is 0 Å². The fraction of sp³-hybridized carbons (Fsp3) is 0.167. The van der Waals surface area contributed by atoms with Crippen molar-refractivity contribution < 1.29 is 0 Å². The summed E-state index contributed by atoms with van der Waals surface area (Å²) in [7, 11) is 0. The van der Waals surface area contributed by atoms with E-state index in [4.69, 9.17) is 0 Å². The number of hydrogen-bond acceptors (Lipinski definition) is 2. The third-order valence-electron chi connectivity index (χ3n) is 5.46. The number of anilines is 2. The van der Waals surface area contributed by atoms with Crippen molar-refractivity contribution in [2.24, 2.45) is 0 Å². The van der Waals surface area contributed by atoms with Crippen molar-refractivity contribution in [3.63, 3.8) is 0 Å². The van der Waals surface area contributed by atoms with Crippen molar-refractivity contribution >= 4 is 1260 Å². The average molecular weight is 3950 g/mol. The van der Waals surface area contributed by atoms with Gasteiger partial charge in [0.15, 0.2) is 0 Å². The molecule has 0 bridgehead atoms. The zero-order valence-electron chi connectivity index (χ0n) is 55.2. The summed E-state index contributed by atoms with van der Waals surface area (Å²) >= 11 is 0.